The van der Waals surface area contributed by atoms with Crippen LogP contribution in [0.3, 0.4) is 0 Å². The van der Waals surface area contributed by atoms with Crippen LogP contribution in [0, 0.1) is 5.92 Å². The fourth-order valence-electron chi connectivity index (χ4n) is 3.06. The topological polar surface area (TPSA) is 83.0 Å². The summed E-state index contributed by atoms with van der Waals surface area (Å²) in [5.41, 5.74) is 0.369. The van der Waals surface area contributed by atoms with Crippen molar-refractivity contribution < 1.29 is 19.4 Å². The summed E-state index contributed by atoms with van der Waals surface area (Å²) in [7, 11) is 0. The van der Waals surface area contributed by atoms with E-state index in [1.807, 2.05) is 4.90 Å². The van der Waals surface area contributed by atoms with Gasteiger partial charge in [-0.15, -0.1) is 0 Å². The first-order chi connectivity index (χ1) is 11.1. The smallest absolute Gasteiger partial charge is 0.255 e. The second-order valence-electron chi connectivity index (χ2n) is 5.96. The van der Waals surface area contributed by atoms with Crippen LogP contribution in [0.25, 0.3) is 0 Å². The molecule has 2 amide bonds. The van der Waals surface area contributed by atoms with Crippen molar-refractivity contribution >= 4 is 11.8 Å². The normalized spacial score (nSPS) is 22.0. The first-order valence-corrected chi connectivity index (χ1v) is 7.95. The minimum Gasteiger partial charge on any atom is -0.506 e. The van der Waals surface area contributed by atoms with E-state index in [-0.39, 0.29) is 23.5 Å². The van der Waals surface area contributed by atoms with Gasteiger partial charge in [-0.25, -0.2) is 0 Å². The van der Waals surface area contributed by atoms with Gasteiger partial charge in [-0.1, -0.05) is 0 Å². The van der Waals surface area contributed by atoms with Gasteiger partial charge in [-0.2, -0.15) is 0 Å². The van der Waals surface area contributed by atoms with E-state index < -0.39 is 0 Å². The molecule has 23 heavy (non-hydrogen) atoms. The van der Waals surface area contributed by atoms with Gasteiger partial charge in [-0.05, 0) is 18.9 Å². The zero-order valence-electron chi connectivity index (χ0n) is 13.0. The number of carbonyl (C=O) groups excluding carboxylic acids is 2. The summed E-state index contributed by atoms with van der Waals surface area (Å²) in [4.78, 5) is 32.3. The molecule has 0 saturated carbocycles. The lowest BCUT2D eigenvalue weighted by molar-refractivity contribution is -0.135. The van der Waals surface area contributed by atoms with Crippen LogP contribution in [0.2, 0.25) is 0 Å². The minimum atomic E-state index is -0.160. The van der Waals surface area contributed by atoms with Crippen molar-refractivity contribution in [3.05, 3.63) is 24.0 Å². The van der Waals surface area contributed by atoms with E-state index in [1.165, 1.54) is 18.5 Å². The molecule has 2 aliphatic rings. The maximum Gasteiger partial charge on any atom is 0.255 e. The summed E-state index contributed by atoms with van der Waals surface area (Å²) in [6.07, 6.45) is 4.28. The zero-order chi connectivity index (χ0) is 16.2. The van der Waals surface area contributed by atoms with Gasteiger partial charge < -0.3 is 19.6 Å². The van der Waals surface area contributed by atoms with Gasteiger partial charge in [0.15, 0.2) is 0 Å². The Kier molecular flexibility index (Phi) is 4.76. The van der Waals surface area contributed by atoms with Gasteiger partial charge in [0.05, 0.1) is 24.3 Å². The van der Waals surface area contributed by atoms with Crippen molar-refractivity contribution in [3.8, 4) is 5.75 Å². The molecule has 7 nitrogen and oxygen atoms in total. The number of rotatable bonds is 2. The number of pyridine rings is 1. The SMILES string of the molecule is O=C(c1cncc(O)c1)N1CCCN(C(=O)C2CCOC2)CC1. The van der Waals surface area contributed by atoms with Crippen LogP contribution in [0.5, 0.6) is 5.75 Å². The molecule has 0 radical (unpaired) electrons. The fraction of sp³-hybridized carbons (Fsp3) is 0.562. The molecule has 0 aliphatic carbocycles. The lowest BCUT2D eigenvalue weighted by Gasteiger charge is -2.24. The molecule has 7 heteroatoms. The molecular formula is C16H21N3O4. The van der Waals surface area contributed by atoms with Gasteiger partial charge in [-0.3, -0.25) is 14.6 Å². The van der Waals surface area contributed by atoms with Crippen LogP contribution in [-0.2, 0) is 9.53 Å². The molecule has 124 valence electrons. The third kappa shape index (κ3) is 3.61. The average Bonchev–Trinajstić information content (AvgIpc) is 2.98. The molecule has 3 heterocycles. The maximum atomic E-state index is 12.5. The van der Waals surface area contributed by atoms with Crippen LogP contribution < -0.4 is 0 Å². The van der Waals surface area contributed by atoms with Crippen molar-refractivity contribution in [2.24, 2.45) is 5.92 Å². The Hall–Kier alpha value is -2.15. The number of amides is 2. The van der Waals surface area contributed by atoms with E-state index in [2.05, 4.69) is 4.98 Å². The van der Waals surface area contributed by atoms with Crippen LogP contribution >= 0.6 is 0 Å². The number of nitrogens with zero attached hydrogens (tertiary/aromatic N) is 3. The molecule has 0 spiro atoms. The molecule has 3 rings (SSSR count). The van der Waals surface area contributed by atoms with E-state index in [1.54, 1.807) is 4.90 Å². The largest absolute Gasteiger partial charge is 0.506 e. The Balaban J connectivity index is 1.61. The minimum absolute atomic E-state index is 0.0243. The third-order valence-corrected chi connectivity index (χ3v) is 4.34. The van der Waals surface area contributed by atoms with Gasteiger partial charge >= 0.3 is 0 Å². The molecule has 0 aromatic carbocycles. The van der Waals surface area contributed by atoms with E-state index in [0.717, 1.165) is 12.8 Å². The van der Waals surface area contributed by atoms with Gasteiger partial charge in [0.2, 0.25) is 5.91 Å². The number of hydrogen-bond acceptors (Lipinski definition) is 5. The van der Waals surface area contributed by atoms with Gasteiger partial charge in [0, 0.05) is 39.0 Å². The van der Waals surface area contributed by atoms with E-state index in [4.69, 9.17) is 4.74 Å². The van der Waals surface area contributed by atoms with Crippen molar-refractivity contribution in [3.63, 3.8) is 0 Å². The number of ether oxygens (including phenoxy) is 1. The molecule has 1 aromatic heterocycles. The van der Waals surface area contributed by atoms with Crippen LogP contribution in [0.1, 0.15) is 23.2 Å². The molecule has 1 unspecified atom stereocenters. The highest BCUT2D eigenvalue weighted by molar-refractivity contribution is 5.94. The highest BCUT2D eigenvalue weighted by Crippen LogP contribution is 2.18. The standard InChI is InChI=1S/C16H21N3O4/c20-14-8-13(9-17-10-14)16(22)19-4-1-3-18(5-6-19)15(21)12-2-7-23-11-12/h8-10,12,20H,1-7,11H2. The second kappa shape index (κ2) is 6.95. The Labute approximate surface area is 134 Å². The van der Waals surface area contributed by atoms with E-state index in [0.29, 0.717) is 45.0 Å². The summed E-state index contributed by atoms with van der Waals surface area (Å²) in [6.45, 7) is 3.45. The summed E-state index contributed by atoms with van der Waals surface area (Å²) < 4.78 is 5.29. The molecule has 1 aromatic rings. The van der Waals surface area contributed by atoms with E-state index >= 15 is 0 Å². The number of aromatic nitrogens is 1. The Morgan fingerprint density at radius 2 is 1.96 bits per heavy atom. The predicted molar refractivity (Wildman–Crippen MR) is 81.9 cm³/mol. The van der Waals surface area contributed by atoms with Crippen LogP contribution in [-0.4, -0.2) is 71.1 Å². The maximum absolute atomic E-state index is 12.5. The molecule has 2 fully saturated rings. The average molecular weight is 319 g/mol. The lowest BCUT2D eigenvalue weighted by Crippen LogP contribution is -2.40. The lowest BCUT2D eigenvalue weighted by atomic mass is 10.1. The molecule has 2 aliphatic heterocycles. The third-order valence-electron chi connectivity index (χ3n) is 4.34. The van der Waals surface area contributed by atoms with Crippen LogP contribution in [0.4, 0.5) is 0 Å². The first-order valence-electron chi connectivity index (χ1n) is 7.95. The van der Waals surface area contributed by atoms with E-state index in [9.17, 15) is 14.7 Å². The van der Waals surface area contributed by atoms with Crippen molar-refractivity contribution in [1.29, 1.82) is 0 Å². The van der Waals surface area contributed by atoms with Crippen molar-refractivity contribution in [1.82, 2.24) is 14.8 Å². The van der Waals surface area contributed by atoms with Crippen molar-refractivity contribution in [2.45, 2.75) is 12.8 Å². The molecule has 1 N–H and O–H groups in total. The number of aromatic hydroxyl groups is 1. The van der Waals surface area contributed by atoms with Gasteiger partial charge in [0.25, 0.3) is 5.91 Å². The Morgan fingerprint density at radius 3 is 2.70 bits per heavy atom. The predicted octanol–water partition coefficient (Wildman–Crippen LogP) is 0.498. The molecule has 1 atom stereocenters. The van der Waals surface area contributed by atoms with Crippen LogP contribution in [0.15, 0.2) is 18.5 Å². The van der Waals surface area contributed by atoms with Crippen molar-refractivity contribution in [2.75, 3.05) is 39.4 Å². The highest BCUT2D eigenvalue weighted by Gasteiger charge is 2.30. The number of hydrogen-bond donors (Lipinski definition) is 1. The van der Waals surface area contributed by atoms with Gasteiger partial charge in [0.1, 0.15) is 5.75 Å². The first kappa shape index (κ1) is 15.7. The fourth-order valence-corrected chi connectivity index (χ4v) is 3.06. The highest BCUT2D eigenvalue weighted by atomic mass is 16.5. The summed E-state index contributed by atoms with van der Waals surface area (Å²) >= 11 is 0. The molecule has 2 saturated heterocycles. The second-order valence-corrected chi connectivity index (χ2v) is 5.96. The quantitative estimate of drug-likeness (QED) is 0.858. The summed E-state index contributed by atoms with van der Waals surface area (Å²) in [6, 6.07) is 1.42. The Bertz CT molecular complexity index is 586. The molecular weight excluding hydrogens is 298 g/mol. The number of carbonyl (C=O) groups is 2. The zero-order valence-corrected chi connectivity index (χ0v) is 13.0. The Morgan fingerprint density at radius 1 is 1.17 bits per heavy atom. The summed E-state index contributed by atoms with van der Waals surface area (Å²) in [5.74, 6) is -0.0843. The molecule has 0 bridgehead atoms. The summed E-state index contributed by atoms with van der Waals surface area (Å²) in [5, 5.41) is 9.45. The monoisotopic (exact) mass is 319 g/mol.